The van der Waals surface area contributed by atoms with E-state index in [1.807, 2.05) is 12.1 Å². The second-order valence-corrected chi connectivity index (χ2v) is 6.70. The second-order valence-electron chi connectivity index (χ2n) is 6.70. The van der Waals surface area contributed by atoms with Gasteiger partial charge in [0.15, 0.2) is 0 Å². The number of benzene rings is 2. The van der Waals surface area contributed by atoms with Crippen LogP contribution < -0.4 is 4.74 Å². The topological polar surface area (TPSA) is 32.7 Å². The maximum Gasteiger partial charge on any atom is 0.123 e. The number of aromatic hydroxyl groups is 1. The smallest absolute Gasteiger partial charge is 0.123 e. The Kier molecular flexibility index (Phi) is 3.93. The first kappa shape index (κ1) is 15.5. The van der Waals surface area contributed by atoms with Crippen LogP contribution in [-0.2, 0) is 12.8 Å². The lowest BCUT2D eigenvalue weighted by molar-refractivity contribution is 0.227. The van der Waals surface area contributed by atoms with Crippen LogP contribution in [0.15, 0.2) is 30.3 Å². The van der Waals surface area contributed by atoms with E-state index in [9.17, 15) is 9.50 Å². The number of ether oxygens (including phenoxy) is 1. The molecule has 0 amide bonds. The van der Waals surface area contributed by atoms with Crippen LogP contribution in [-0.4, -0.2) is 36.9 Å². The summed E-state index contributed by atoms with van der Waals surface area (Å²) in [6.07, 6.45) is 2.29. The lowest BCUT2D eigenvalue weighted by Gasteiger charge is -2.40. The molecule has 2 aromatic rings. The molecule has 0 saturated carbocycles. The monoisotopic (exact) mass is 327 g/mol. The van der Waals surface area contributed by atoms with Gasteiger partial charge >= 0.3 is 0 Å². The number of alkyl halides is 1. The van der Waals surface area contributed by atoms with Crippen molar-refractivity contribution in [1.82, 2.24) is 4.90 Å². The highest BCUT2D eigenvalue weighted by Gasteiger charge is 2.34. The van der Waals surface area contributed by atoms with Crippen LogP contribution in [0.4, 0.5) is 4.39 Å². The third-order valence-electron chi connectivity index (χ3n) is 5.20. The Morgan fingerprint density at radius 2 is 2.17 bits per heavy atom. The molecule has 0 radical (unpaired) electrons. The molecular formula is C20H22FNO2. The Hall–Kier alpha value is -2.07. The van der Waals surface area contributed by atoms with Crippen molar-refractivity contribution < 1.29 is 14.2 Å². The highest BCUT2D eigenvalue weighted by atomic mass is 19.1. The highest BCUT2D eigenvalue weighted by Crippen LogP contribution is 2.49. The fourth-order valence-electron chi connectivity index (χ4n) is 4.03. The minimum atomic E-state index is -0.367. The largest absolute Gasteiger partial charge is 0.507 e. The first-order valence-corrected chi connectivity index (χ1v) is 8.56. The quantitative estimate of drug-likeness (QED) is 0.865. The number of halogens is 1. The maximum absolute atomic E-state index is 12.3. The Balaban J connectivity index is 1.86. The van der Waals surface area contributed by atoms with Gasteiger partial charge in [0.25, 0.3) is 0 Å². The summed E-state index contributed by atoms with van der Waals surface area (Å²) < 4.78 is 18.1. The van der Waals surface area contributed by atoms with Crippen LogP contribution in [0.25, 0.3) is 11.1 Å². The lowest BCUT2D eigenvalue weighted by Crippen LogP contribution is -2.35. The van der Waals surface area contributed by atoms with E-state index in [1.165, 1.54) is 16.7 Å². The first-order chi connectivity index (χ1) is 11.7. The van der Waals surface area contributed by atoms with Crippen LogP contribution in [0, 0.1) is 0 Å². The molecule has 4 heteroatoms. The zero-order chi connectivity index (χ0) is 16.7. The molecule has 3 nitrogen and oxygen atoms in total. The van der Waals surface area contributed by atoms with Gasteiger partial charge in [0, 0.05) is 24.6 Å². The van der Waals surface area contributed by atoms with E-state index in [0.29, 0.717) is 24.8 Å². The zero-order valence-electron chi connectivity index (χ0n) is 13.9. The Morgan fingerprint density at radius 3 is 3.00 bits per heavy atom. The molecule has 0 fully saturated rings. The molecule has 1 atom stereocenters. The zero-order valence-corrected chi connectivity index (χ0v) is 13.9. The summed E-state index contributed by atoms with van der Waals surface area (Å²) in [7, 11) is 2.16. The van der Waals surface area contributed by atoms with E-state index in [0.717, 1.165) is 36.3 Å². The molecule has 1 aliphatic carbocycles. The molecule has 24 heavy (non-hydrogen) atoms. The molecule has 2 aromatic carbocycles. The third kappa shape index (κ3) is 2.46. The molecule has 4 rings (SSSR count). The van der Waals surface area contributed by atoms with Crippen LogP contribution in [0.5, 0.6) is 11.5 Å². The fraction of sp³-hybridized carbons (Fsp3) is 0.400. The summed E-state index contributed by atoms with van der Waals surface area (Å²) in [5, 5.41) is 10.4. The summed E-state index contributed by atoms with van der Waals surface area (Å²) in [6.45, 7) is 1.03. The van der Waals surface area contributed by atoms with Crippen molar-refractivity contribution >= 4 is 0 Å². The standard InChI is InChI=1S/C20H22FNO2/c1-22-8-6-14-10-15(24-9-3-7-21)12-16-19(14)17(22)11-13-4-2-5-18(23)20(13)16/h2,4-5,10,12,17,23H,3,6-9,11H2,1H3/t17-/m1/s1. The van der Waals surface area contributed by atoms with Gasteiger partial charge in [0.05, 0.1) is 13.3 Å². The lowest BCUT2D eigenvalue weighted by atomic mass is 9.77. The van der Waals surface area contributed by atoms with Gasteiger partial charge < -0.3 is 9.84 Å². The van der Waals surface area contributed by atoms with Gasteiger partial charge in [-0.1, -0.05) is 12.1 Å². The molecule has 0 aromatic heterocycles. The van der Waals surface area contributed by atoms with Gasteiger partial charge in [0.1, 0.15) is 11.5 Å². The first-order valence-electron chi connectivity index (χ1n) is 8.56. The summed E-state index contributed by atoms with van der Waals surface area (Å²) in [5.41, 5.74) is 5.78. The Morgan fingerprint density at radius 1 is 1.29 bits per heavy atom. The van der Waals surface area contributed by atoms with Crippen LogP contribution in [0.2, 0.25) is 0 Å². The molecule has 0 unspecified atom stereocenters. The summed E-state index contributed by atoms with van der Waals surface area (Å²) in [5.74, 6) is 1.10. The van der Waals surface area contributed by atoms with Crippen molar-refractivity contribution in [3.63, 3.8) is 0 Å². The normalized spacial score (nSPS) is 18.8. The van der Waals surface area contributed by atoms with Gasteiger partial charge in [-0.3, -0.25) is 9.29 Å². The fourth-order valence-corrected chi connectivity index (χ4v) is 4.03. The molecule has 1 aliphatic heterocycles. The number of likely N-dealkylation sites (N-methyl/N-ethyl adjacent to an activating group) is 1. The van der Waals surface area contributed by atoms with E-state index >= 15 is 0 Å². The second kappa shape index (κ2) is 6.10. The minimum Gasteiger partial charge on any atom is -0.507 e. The maximum atomic E-state index is 12.3. The third-order valence-corrected chi connectivity index (χ3v) is 5.20. The highest BCUT2D eigenvalue weighted by molar-refractivity contribution is 5.81. The molecule has 0 bridgehead atoms. The van der Waals surface area contributed by atoms with E-state index < -0.39 is 0 Å². The molecule has 1 heterocycles. The number of phenols is 1. The van der Waals surface area contributed by atoms with Gasteiger partial charge in [-0.25, -0.2) is 0 Å². The SMILES string of the molecule is CN1CCc2cc(OCCCF)cc3c2[C@H]1Cc1cccc(O)c1-3. The van der Waals surface area contributed by atoms with Gasteiger partial charge in [-0.05, 0) is 60.3 Å². The van der Waals surface area contributed by atoms with Crippen molar-refractivity contribution in [2.45, 2.75) is 25.3 Å². The molecular weight excluding hydrogens is 305 g/mol. The van der Waals surface area contributed by atoms with E-state index in [4.69, 9.17) is 4.74 Å². The molecule has 1 N–H and O–H groups in total. The summed E-state index contributed by atoms with van der Waals surface area (Å²) in [4.78, 5) is 2.39. The molecule has 2 aliphatic rings. The summed E-state index contributed by atoms with van der Waals surface area (Å²) in [6, 6.07) is 10.2. The van der Waals surface area contributed by atoms with E-state index in [1.54, 1.807) is 6.07 Å². The van der Waals surface area contributed by atoms with E-state index in [-0.39, 0.29) is 6.67 Å². The van der Waals surface area contributed by atoms with Crippen LogP contribution in [0.3, 0.4) is 0 Å². The van der Waals surface area contributed by atoms with Crippen molar-refractivity contribution in [1.29, 1.82) is 0 Å². The predicted molar refractivity (Wildman–Crippen MR) is 92.4 cm³/mol. The van der Waals surface area contributed by atoms with Crippen molar-refractivity contribution in [2.75, 3.05) is 26.9 Å². The van der Waals surface area contributed by atoms with Gasteiger partial charge in [0.2, 0.25) is 0 Å². The number of rotatable bonds is 4. The Bertz CT molecular complexity index is 774. The molecule has 126 valence electrons. The van der Waals surface area contributed by atoms with Crippen molar-refractivity contribution in [3.8, 4) is 22.6 Å². The number of phenolic OH excluding ortho intramolecular Hbond substituents is 1. The van der Waals surface area contributed by atoms with E-state index in [2.05, 4.69) is 24.1 Å². The average Bonchev–Trinajstić information content (AvgIpc) is 2.58. The number of nitrogens with zero attached hydrogens (tertiary/aromatic N) is 1. The Labute approximate surface area is 141 Å². The molecule has 0 spiro atoms. The molecule has 0 saturated heterocycles. The average molecular weight is 327 g/mol. The summed E-state index contributed by atoms with van der Waals surface area (Å²) >= 11 is 0. The van der Waals surface area contributed by atoms with Gasteiger partial charge in [-0.2, -0.15) is 0 Å². The van der Waals surface area contributed by atoms with Crippen LogP contribution in [0.1, 0.15) is 29.2 Å². The predicted octanol–water partition coefficient (Wildman–Crippen LogP) is 3.88. The van der Waals surface area contributed by atoms with Gasteiger partial charge in [-0.15, -0.1) is 0 Å². The van der Waals surface area contributed by atoms with Crippen molar-refractivity contribution in [2.24, 2.45) is 0 Å². The number of fused-ring (bicyclic) bond motifs is 2. The number of hydrogen-bond donors (Lipinski definition) is 1. The minimum absolute atomic E-state index is 0.322. The number of hydrogen-bond acceptors (Lipinski definition) is 3. The van der Waals surface area contributed by atoms with Crippen molar-refractivity contribution in [3.05, 3.63) is 47.0 Å². The van der Waals surface area contributed by atoms with Crippen LogP contribution >= 0.6 is 0 Å².